The molecule has 3 aromatic rings. The van der Waals surface area contributed by atoms with Gasteiger partial charge in [-0.05, 0) is 18.2 Å². The zero-order valence-corrected chi connectivity index (χ0v) is 16.5. The van der Waals surface area contributed by atoms with Crippen LogP contribution < -0.4 is 4.90 Å². The summed E-state index contributed by atoms with van der Waals surface area (Å²) in [6.07, 6.45) is 0. The van der Waals surface area contributed by atoms with Gasteiger partial charge < -0.3 is 0 Å². The highest BCUT2D eigenvalue weighted by Crippen LogP contribution is 2.33. The maximum atomic E-state index is 12.7. The van der Waals surface area contributed by atoms with E-state index in [2.05, 4.69) is 4.98 Å². The molecule has 0 fully saturated rings. The molecule has 0 N–H and O–H groups in total. The van der Waals surface area contributed by atoms with Gasteiger partial charge in [0.05, 0.1) is 28.4 Å². The van der Waals surface area contributed by atoms with Crippen molar-refractivity contribution in [1.82, 2.24) is 9.88 Å². The number of para-hydroxylation sites is 1. The fourth-order valence-electron chi connectivity index (χ4n) is 3.25. The molecule has 0 atom stereocenters. The van der Waals surface area contributed by atoms with Crippen LogP contribution >= 0.6 is 11.3 Å². The average molecular weight is 422 g/mol. The Kier molecular flexibility index (Phi) is 4.84. The number of fused-ring (bicyclic) bond motifs is 1. The summed E-state index contributed by atoms with van der Waals surface area (Å²) in [6.45, 7) is 1.26. The van der Waals surface area contributed by atoms with Crippen LogP contribution in [0.1, 0.15) is 33.3 Å². The predicted molar refractivity (Wildman–Crippen MR) is 109 cm³/mol. The molecule has 0 unspecified atom stereocenters. The predicted octanol–water partition coefficient (Wildman–Crippen LogP) is 3.53. The van der Waals surface area contributed by atoms with Gasteiger partial charge in [-0.1, -0.05) is 24.3 Å². The van der Waals surface area contributed by atoms with Crippen molar-refractivity contribution in [2.75, 3.05) is 4.90 Å². The molecule has 0 saturated carbocycles. The Balaban J connectivity index is 1.62. The van der Waals surface area contributed by atoms with Crippen LogP contribution in [0, 0.1) is 10.1 Å². The number of hydrogen-bond acceptors (Lipinski definition) is 7. The topological polar surface area (TPSA) is 114 Å². The molecule has 30 heavy (non-hydrogen) atoms. The molecule has 1 aliphatic rings. The molecular weight excluding hydrogens is 408 g/mol. The second-order valence-electron chi connectivity index (χ2n) is 6.46. The minimum atomic E-state index is -0.733. The Bertz CT molecular complexity index is 1190. The molecule has 0 radical (unpaired) electrons. The third-order valence-electron chi connectivity index (χ3n) is 4.55. The first kappa shape index (κ1) is 19.4. The van der Waals surface area contributed by atoms with Crippen LogP contribution in [0.3, 0.4) is 0 Å². The Hall–Kier alpha value is -3.92. The Morgan fingerprint density at radius 3 is 2.53 bits per heavy atom. The van der Waals surface area contributed by atoms with Crippen molar-refractivity contribution < 1.29 is 19.3 Å². The number of rotatable bonds is 5. The number of nitro benzene ring substituents is 1. The van der Waals surface area contributed by atoms with Gasteiger partial charge in [0.25, 0.3) is 17.5 Å². The van der Waals surface area contributed by atoms with E-state index in [4.69, 9.17) is 0 Å². The SMILES string of the molecule is CC(=O)N(c1ccccc1)c1nc(CN2C(=O)c3cccc([N+](=O)[O-])c3C2=O)cs1. The fourth-order valence-corrected chi connectivity index (χ4v) is 4.13. The van der Waals surface area contributed by atoms with Crippen molar-refractivity contribution in [2.45, 2.75) is 13.5 Å². The molecule has 9 nitrogen and oxygen atoms in total. The average Bonchev–Trinajstić information content (AvgIpc) is 3.27. The zero-order chi connectivity index (χ0) is 21.4. The van der Waals surface area contributed by atoms with Crippen LogP contribution in [0.2, 0.25) is 0 Å². The van der Waals surface area contributed by atoms with Crippen molar-refractivity contribution in [3.05, 3.63) is 80.8 Å². The quantitative estimate of drug-likeness (QED) is 0.353. The van der Waals surface area contributed by atoms with Gasteiger partial charge in [0.1, 0.15) is 5.56 Å². The van der Waals surface area contributed by atoms with Gasteiger partial charge in [-0.25, -0.2) is 4.98 Å². The molecule has 150 valence electrons. The van der Waals surface area contributed by atoms with E-state index in [-0.39, 0.29) is 23.6 Å². The number of carbonyl (C=O) groups is 3. The number of hydrogen-bond donors (Lipinski definition) is 0. The van der Waals surface area contributed by atoms with Crippen LogP contribution in [-0.2, 0) is 11.3 Å². The van der Waals surface area contributed by atoms with Crippen LogP contribution in [0.5, 0.6) is 0 Å². The molecule has 1 aliphatic heterocycles. The standard InChI is InChI=1S/C20H14N4O5S/c1-12(25)23(14-6-3-2-4-7-14)20-21-13(11-30-20)10-22-18(26)15-8-5-9-16(24(28)29)17(15)19(22)27/h2-9,11H,10H2,1H3. The van der Waals surface area contributed by atoms with Gasteiger partial charge in [-0.3, -0.25) is 34.3 Å². The normalized spacial score (nSPS) is 12.8. The smallest absolute Gasteiger partial charge is 0.274 e. The summed E-state index contributed by atoms with van der Waals surface area (Å²) < 4.78 is 0. The van der Waals surface area contributed by atoms with E-state index in [1.807, 2.05) is 6.07 Å². The molecule has 10 heteroatoms. The Morgan fingerprint density at radius 1 is 1.13 bits per heavy atom. The number of aromatic nitrogens is 1. The van der Waals surface area contributed by atoms with E-state index in [9.17, 15) is 24.5 Å². The van der Waals surface area contributed by atoms with Gasteiger partial charge in [0.15, 0.2) is 5.13 Å². The van der Waals surface area contributed by atoms with E-state index in [0.717, 1.165) is 4.90 Å². The lowest BCUT2D eigenvalue weighted by molar-refractivity contribution is -0.385. The summed E-state index contributed by atoms with van der Waals surface area (Å²) in [4.78, 5) is 54.8. The third kappa shape index (κ3) is 3.22. The summed E-state index contributed by atoms with van der Waals surface area (Å²) in [6, 6.07) is 12.9. The molecule has 2 heterocycles. The van der Waals surface area contributed by atoms with Gasteiger partial charge in [-0.2, -0.15) is 0 Å². The molecule has 0 saturated heterocycles. The largest absolute Gasteiger partial charge is 0.282 e. The van der Waals surface area contributed by atoms with Crippen LogP contribution in [0.25, 0.3) is 0 Å². The number of carbonyl (C=O) groups excluding carboxylic acids is 3. The van der Waals surface area contributed by atoms with Crippen molar-refractivity contribution in [2.24, 2.45) is 0 Å². The first-order valence-electron chi connectivity index (χ1n) is 8.82. The van der Waals surface area contributed by atoms with E-state index in [1.54, 1.807) is 29.6 Å². The number of benzene rings is 2. The maximum absolute atomic E-state index is 12.7. The molecule has 0 bridgehead atoms. The minimum absolute atomic E-state index is 0.000647. The fraction of sp³-hybridized carbons (Fsp3) is 0.100. The van der Waals surface area contributed by atoms with Crippen molar-refractivity contribution in [3.8, 4) is 0 Å². The Labute approximate surface area is 174 Å². The van der Waals surface area contributed by atoms with Crippen LogP contribution in [-0.4, -0.2) is 32.5 Å². The van der Waals surface area contributed by atoms with E-state index in [0.29, 0.717) is 16.5 Å². The van der Waals surface area contributed by atoms with Gasteiger partial charge in [-0.15, -0.1) is 11.3 Å². The lowest BCUT2D eigenvalue weighted by Crippen LogP contribution is -2.29. The number of nitro groups is 1. The summed E-state index contributed by atoms with van der Waals surface area (Å²) in [5.74, 6) is -1.58. The van der Waals surface area contributed by atoms with Gasteiger partial charge in [0.2, 0.25) is 5.91 Å². The molecule has 0 spiro atoms. The second-order valence-corrected chi connectivity index (χ2v) is 7.30. The highest BCUT2D eigenvalue weighted by atomic mass is 32.1. The first-order valence-corrected chi connectivity index (χ1v) is 9.70. The molecule has 4 rings (SSSR count). The second kappa shape index (κ2) is 7.48. The third-order valence-corrected chi connectivity index (χ3v) is 5.43. The molecular formula is C20H14N4O5S. The molecule has 3 amide bonds. The van der Waals surface area contributed by atoms with Crippen LogP contribution in [0.15, 0.2) is 53.9 Å². The zero-order valence-electron chi connectivity index (χ0n) is 15.6. The van der Waals surface area contributed by atoms with Crippen molar-refractivity contribution in [3.63, 3.8) is 0 Å². The number of imide groups is 1. The lowest BCUT2D eigenvalue weighted by Gasteiger charge is -2.18. The summed E-state index contributed by atoms with van der Waals surface area (Å²) in [5.41, 5.74) is 0.424. The summed E-state index contributed by atoms with van der Waals surface area (Å²) in [5, 5.41) is 13.3. The molecule has 2 aromatic carbocycles. The van der Waals surface area contributed by atoms with E-state index < -0.39 is 22.4 Å². The number of thiazole rings is 1. The number of anilines is 2. The van der Waals surface area contributed by atoms with Crippen molar-refractivity contribution in [1.29, 1.82) is 0 Å². The van der Waals surface area contributed by atoms with E-state index >= 15 is 0 Å². The van der Waals surface area contributed by atoms with E-state index in [1.165, 1.54) is 41.4 Å². The van der Waals surface area contributed by atoms with Crippen molar-refractivity contribution >= 4 is 45.6 Å². The molecule has 0 aliphatic carbocycles. The maximum Gasteiger partial charge on any atom is 0.282 e. The summed E-state index contributed by atoms with van der Waals surface area (Å²) in [7, 11) is 0. The first-order chi connectivity index (χ1) is 14.4. The number of amides is 3. The monoisotopic (exact) mass is 422 g/mol. The highest BCUT2D eigenvalue weighted by Gasteiger charge is 2.41. The van der Waals surface area contributed by atoms with Crippen LogP contribution in [0.4, 0.5) is 16.5 Å². The van der Waals surface area contributed by atoms with Gasteiger partial charge in [0, 0.05) is 18.4 Å². The minimum Gasteiger partial charge on any atom is -0.274 e. The number of nitrogens with zero attached hydrogens (tertiary/aromatic N) is 4. The summed E-state index contributed by atoms with van der Waals surface area (Å²) >= 11 is 1.20. The highest BCUT2D eigenvalue weighted by molar-refractivity contribution is 7.14. The molecule has 1 aromatic heterocycles. The Morgan fingerprint density at radius 2 is 1.87 bits per heavy atom. The lowest BCUT2D eigenvalue weighted by atomic mass is 10.1. The van der Waals surface area contributed by atoms with Gasteiger partial charge >= 0.3 is 0 Å².